The summed E-state index contributed by atoms with van der Waals surface area (Å²) in [5, 5.41) is 8.96. The van der Waals surface area contributed by atoms with Gasteiger partial charge in [0, 0.05) is 12.4 Å². The fourth-order valence-electron chi connectivity index (χ4n) is 3.37. The van der Waals surface area contributed by atoms with E-state index in [0.29, 0.717) is 17.2 Å². The Balaban J connectivity index is 1.67. The maximum absolute atomic E-state index is 13.2. The third-order valence-corrected chi connectivity index (χ3v) is 4.70. The number of anilines is 1. The van der Waals surface area contributed by atoms with Crippen molar-refractivity contribution in [1.82, 2.24) is 29.1 Å². The molecule has 2 N–H and O–H groups in total. The Hall–Kier alpha value is -3.94. The minimum absolute atomic E-state index is 0.121. The van der Waals surface area contributed by atoms with Gasteiger partial charge in [-0.25, -0.2) is 14.5 Å². The van der Waals surface area contributed by atoms with Gasteiger partial charge in [0.25, 0.3) is 5.56 Å². The van der Waals surface area contributed by atoms with Crippen molar-refractivity contribution in [2.45, 2.75) is 13.0 Å². The van der Waals surface area contributed by atoms with Crippen LogP contribution >= 0.6 is 0 Å². The highest BCUT2D eigenvalue weighted by Crippen LogP contribution is 2.23. The number of hydrogen-bond donors (Lipinski definition) is 2. The van der Waals surface area contributed by atoms with E-state index >= 15 is 0 Å². The molecule has 0 aliphatic carbocycles. The van der Waals surface area contributed by atoms with Crippen molar-refractivity contribution in [1.29, 1.82) is 0 Å². The minimum Gasteiger partial charge on any atom is -0.360 e. The van der Waals surface area contributed by atoms with Gasteiger partial charge in [-0.1, -0.05) is 18.2 Å². The van der Waals surface area contributed by atoms with Gasteiger partial charge in [-0.15, -0.1) is 0 Å². The van der Waals surface area contributed by atoms with Crippen LogP contribution in [0.5, 0.6) is 0 Å². The molecule has 0 saturated heterocycles. The molecular weight excluding hydrogens is 354 g/mol. The molecule has 5 rings (SSSR count). The fraction of sp³-hybridized carbons (Fsp3) is 0.100. The molecular formula is C20H17N7O. The average molecular weight is 371 g/mol. The van der Waals surface area contributed by atoms with Gasteiger partial charge in [-0.05, 0) is 37.3 Å². The number of nitrogens with one attached hydrogen (secondary N) is 2. The van der Waals surface area contributed by atoms with E-state index in [-0.39, 0.29) is 11.6 Å². The summed E-state index contributed by atoms with van der Waals surface area (Å²) in [6.45, 7) is 1.96. The van der Waals surface area contributed by atoms with Crippen LogP contribution in [-0.4, -0.2) is 29.1 Å². The normalized spacial score (nSPS) is 12.5. The summed E-state index contributed by atoms with van der Waals surface area (Å²) in [6, 6.07) is 14.7. The number of rotatable bonds is 4. The van der Waals surface area contributed by atoms with Crippen LogP contribution in [0.4, 0.5) is 5.82 Å². The van der Waals surface area contributed by atoms with E-state index in [4.69, 9.17) is 5.10 Å². The summed E-state index contributed by atoms with van der Waals surface area (Å²) in [4.78, 5) is 24.8. The van der Waals surface area contributed by atoms with Gasteiger partial charge in [0.15, 0.2) is 5.82 Å². The van der Waals surface area contributed by atoms with E-state index in [1.54, 1.807) is 21.3 Å². The largest absolute Gasteiger partial charge is 0.360 e. The highest BCUT2D eigenvalue weighted by atomic mass is 16.1. The quantitative estimate of drug-likeness (QED) is 0.507. The van der Waals surface area contributed by atoms with Gasteiger partial charge in [-0.2, -0.15) is 5.10 Å². The van der Waals surface area contributed by atoms with Crippen LogP contribution in [0.25, 0.3) is 22.2 Å². The maximum atomic E-state index is 13.2. The molecule has 0 amide bonds. The molecule has 0 radical (unpaired) electrons. The third-order valence-electron chi connectivity index (χ3n) is 4.70. The van der Waals surface area contributed by atoms with Gasteiger partial charge in [0.1, 0.15) is 23.3 Å². The number of H-pyrrole nitrogens is 1. The lowest BCUT2D eigenvalue weighted by atomic mass is 10.2. The first-order chi connectivity index (χ1) is 13.7. The van der Waals surface area contributed by atoms with Crippen molar-refractivity contribution in [2.75, 3.05) is 5.32 Å². The molecule has 5 aromatic rings. The lowest BCUT2D eigenvalue weighted by Gasteiger charge is -2.19. The lowest BCUT2D eigenvalue weighted by molar-refractivity contribution is 0.673. The average Bonchev–Trinajstić information content (AvgIpc) is 3.38. The number of fused-ring (bicyclic) bond motifs is 2. The van der Waals surface area contributed by atoms with Crippen LogP contribution < -0.4 is 10.9 Å². The Kier molecular flexibility index (Phi) is 3.68. The van der Waals surface area contributed by atoms with Gasteiger partial charge in [0.05, 0.1) is 17.1 Å². The lowest BCUT2D eigenvalue weighted by Crippen LogP contribution is -2.29. The first-order valence-corrected chi connectivity index (χ1v) is 8.93. The molecule has 0 spiro atoms. The van der Waals surface area contributed by atoms with E-state index in [1.165, 1.54) is 6.33 Å². The van der Waals surface area contributed by atoms with Crippen molar-refractivity contribution in [3.63, 3.8) is 0 Å². The monoisotopic (exact) mass is 371 g/mol. The number of para-hydroxylation sites is 1. The van der Waals surface area contributed by atoms with Crippen molar-refractivity contribution in [3.8, 4) is 5.69 Å². The van der Waals surface area contributed by atoms with E-state index < -0.39 is 0 Å². The highest BCUT2D eigenvalue weighted by molar-refractivity contribution is 5.86. The molecule has 1 aromatic carbocycles. The van der Waals surface area contributed by atoms with Gasteiger partial charge >= 0.3 is 0 Å². The molecule has 28 heavy (non-hydrogen) atoms. The number of aromatic nitrogens is 6. The second-order valence-corrected chi connectivity index (χ2v) is 6.50. The van der Waals surface area contributed by atoms with Crippen LogP contribution in [0.1, 0.15) is 18.8 Å². The molecule has 0 bridgehead atoms. The number of nitrogens with zero attached hydrogens (tertiary/aromatic N) is 5. The Morgan fingerprint density at radius 1 is 1.07 bits per heavy atom. The first-order valence-electron chi connectivity index (χ1n) is 8.93. The van der Waals surface area contributed by atoms with E-state index in [9.17, 15) is 4.79 Å². The summed E-state index contributed by atoms with van der Waals surface area (Å²) in [5.74, 6) is 1.27. The maximum Gasteiger partial charge on any atom is 0.282 e. The number of aromatic amines is 1. The van der Waals surface area contributed by atoms with E-state index in [0.717, 1.165) is 16.7 Å². The summed E-state index contributed by atoms with van der Waals surface area (Å²) in [7, 11) is 0. The molecule has 138 valence electrons. The molecule has 0 aliphatic rings. The predicted octanol–water partition coefficient (Wildman–Crippen LogP) is 2.93. The van der Waals surface area contributed by atoms with Crippen molar-refractivity contribution in [3.05, 3.63) is 83.4 Å². The van der Waals surface area contributed by atoms with Gasteiger partial charge in [-0.3, -0.25) is 9.36 Å². The van der Waals surface area contributed by atoms with Crippen LogP contribution in [0.2, 0.25) is 0 Å². The smallest absolute Gasteiger partial charge is 0.282 e. The van der Waals surface area contributed by atoms with E-state index in [2.05, 4.69) is 20.3 Å². The van der Waals surface area contributed by atoms with Crippen molar-refractivity contribution >= 4 is 22.4 Å². The molecule has 8 nitrogen and oxygen atoms in total. The first kappa shape index (κ1) is 16.2. The molecule has 0 aliphatic heterocycles. The minimum atomic E-state index is -0.285. The summed E-state index contributed by atoms with van der Waals surface area (Å²) >= 11 is 0. The third kappa shape index (κ3) is 2.54. The summed E-state index contributed by atoms with van der Waals surface area (Å²) in [5.41, 5.74) is 1.92. The van der Waals surface area contributed by atoms with Gasteiger partial charge in [0.2, 0.25) is 0 Å². The number of benzene rings is 1. The number of hydrogen-bond acceptors (Lipinski definition) is 5. The molecule has 0 unspecified atom stereocenters. The SMILES string of the molecule is C[C@H](Nc1ncnc2[nH]ccc12)c1nn2cccc2c(=O)n1-c1ccccc1. The zero-order valence-electron chi connectivity index (χ0n) is 15.1. The summed E-state index contributed by atoms with van der Waals surface area (Å²) < 4.78 is 3.25. The molecule has 4 heterocycles. The van der Waals surface area contributed by atoms with Crippen LogP contribution in [0.15, 0.2) is 72.0 Å². The molecule has 0 fully saturated rings. The standard InChI is InChI=1S/C20H17N7O/c1-13(24-18-15-9-10-21-17(15)22-12-23-18)19-25-26-11-5-8-16(26)20(28)27(19)14-6-3-2-4-7-14/h2-13H,1H3,(H2,21,22,23,24)/t13-/m0/s1. The second-order valence-electron chi connectivity index (χ2n) is 6.50. The van der Waals surface area contributed by atoms with Crippen molar-refractivity contribution in [2.24, 2.45) is 0 Å². The zero-order chi connectivity index (χ0) is 19.1. The Morgan fingerprint density at radius 2 is 1.93 bits per heavy atom. The topological polar surface area (TPSA) is 92.9 Å². The van der Waals surface area contributed by atoms with Crippen LogP contribution in [0, 0.1) is 0 Å². The molecule has 1 atom stereocenters. The highest BCUT2D eigenvalue weighted by Gasteiger charge is 2.19. The van der Waals surface area contributed by atoms with Crippen molar-refractivity contribution < 1.29 is 0 Å². The van der Waals surface area contributed by atoms with Crippen LogP contribution in [0.3, 0.4) is 0 Å². The molecule has 0 saturated carbocycles. The zero-order valence-corrected chi connectivity index (χ0v) is 15.1. The fourth-order valence-corrected chi connectivity index (χ4v) is 3.37. The molecule has 8 heteroatoms. The van der Waals surface area contributed by atoms with Crippen LogP contribution in [-0.2, 0) is 0 Å². The predicted molar refractivity (Wildman–Crippen MR) is 107 cm³/mol. The second kappa shape index (κ2) is 6.34. The Bertz CT molecular complexity index is 1330. The van der Waals surface area contributed by atoms with Gasteiger partial charge < -0.3 is 10.3 Å². The Labute approximate surface area is 159 Å². The molecule has 4 aromatic heterocycles. The summed E-state index contributed by atoms with van der Waals surface area (Å²) in [6.07, 6.45) is 5.09. The Morgan fingerprint density at radius 3 is 2.79 bits per heavy atom. The van der Waals surface area contributed by atoms with E-state index in [1.807, 2.05) is 55.6 Å².